The Bertz CT molecular complexity index is 985. The molecule has 1 fully saturated rings. The second-order valence-corrected chi connectivity index (χ2v) is 10.3. The Morgan fingerprint density at radius 3 is 2.23 bits per heavy atom. The molecule has 0 spiro atoms. The average Bonchev–Trinajstić information content (AvgIpc) is 3.47. The van der Waals surface area contributed by atoms with E-state index in [0.29, 0.717) is 31.2 Å². The molecule has 2 aromatic rings. The number of amides is 1. The number of hydrogen-bond donors (Lipinski definition) is 0. The van der Waals surface area contributed by atoms with Crippen LogP contribution in [-0.2, 0) is 23.6 Å². The standard InChI is InChI=1S/C23H33N3O3S/c1-6-25(7-2)30(28,29)21-14-22(24(5)16-21)23(27)26(20-12-13-20)15-18-8-10-19(11-9-18)17(3)4/h8-11,14,16-17,20H,6-7,12-13,15H2,1-5H3. The number of nitrogens with zero attached hydrogens (tertiary/aromatic N) is 3. The van der Waals surface area contributed by atoms with Gasteiger partial charge in [0.1, 0.15) is 10.6 Å². The Morgan fingerprint density at radius 1 is 1.13 bits per heavy atom. The SMILES string of the molecule is CCN(CC)S(=O)(=O)c1cc(C(=O)N(Cc2ccc(C(C)C)cc2)C2CC2)n(C)c1. The van der Waals surface area contributed by atoms with Gasteiger partial charge in [-0.3, -0.25) is 4.79 Å². The van der Waals surface area contributed by atoms with Crippen molar-refractivity contribution in [3.63, 3.8) is 0 Å². The Morgan fingerprint density at radius 2 is 1.73 bits per heavy atom. The van der Waals surface area contributed by atoms with Gasteiger partial charge in [0.2, 0.25) is 10.0 Å². The minimum absolute atomic E-state index is 0.117. The van der Waals surface area contributed by atoms with Gasteiger partial charge >= 0.3 is 0 Å². The number of carbonyl (C=O) groups excluding carboxylic acids is 1. The first-order chi connectivity index (χ1) is 14.2. The maximum atomic E-state index is 13.4. The topological polar surface area (TPSA) is 62.6 Å². The summed E-state index contributed by atoms with van der Waals surface area (Å²) in [5, 5.41) is 0. The molecule has 0 N–H and O–H groups in total. The summed E-state index contributed by atoms with van der Waals surface area (Å²) in [7, 11) is -1.86. The molecule has 6 nitrogen and oxygen atoms in total. The third-order valence-electron chi connectivity index (χ3n) is 5.79. The van der Waals surface area contributed by atoms with Crippen LogP contribution in [0.4, 0.5) is 0 Å². The van der Waals surface area contributed by atoms with Gasteiger partial charge in [-0.25, -0.2) is 8.42 Å². The summed E-state index contributed by atoms with van der Waals surface area (Å²) >= 11 is 0. The Hall–Kier alpha value is -2.12. The van der Waals surface area contributed by atoms with Crippen LogP contribution in [0, 0.1) is 0 Å². The van der Waals surface area contributed by atoms with Crippen molar-refractivity contribution >= 4 is 15.9 Å². The van der Waals surface area contributed by atoms with E-state index in [1.165, 1.54) is 15.9 Å². The van der Waals surface area contributed by atoms with E-state index in [4.69, 9.17) is 0 Å². The predicted molar refractivity (Wildman–Crippen MR) is 119 cm³/mol. The van der Waals surface area contributed by atoms with E-state index in [-0.39, 0.29) is 16.8 Å². The number of aromatic nitrogens is 1. The largest absolute Gasteiger partial charge is 0.345 e. The summed E-state index contributed by atoms with van der Waals surface area (Å²) in [5.41, 5.74) is 2.77. The maximum Gasteiger partial charge on any atom is 0.271 e. The highest BCUT2D eigenvalue weighted by molar-refractivity contribution is 7.89. The fourth-order valence-electron chi connectivity index (χ4n) is 3.71. The molecule has 0 bridgehead atoms. The van der Waals surface area contributed by atoms with Crippen LogP contribution in [0.25, 0.3) is 0 Å². The van der Waals surface area contributed by atoms with Crippen LogP contribution >= 0.6 is 0 Å². The molecule has 0 aliphatic heterocycles. The molecule has 7 heteroatoms. The third kappa shape index (κ3) is 4.62. The lowest BCUT2D eigenvalue weighted by molar-refractivity contribution is 0.0720. The molecular weight excluding hydrogens is 398 g/mol. The van der Waals surface area contributed by atoms with Gasteiger partial charge < -0.3 is 9.47 Å². The summed E-state index contributed by atoms with van der Waals surface area (Å²) in [6, 6.07) is 10.1. The number of rotatable bonds is 9. The Labute approximate surface area is 180 Å². The van der Waals surface area contributed by atoms with Crippen molar-refractivity contribution in [2.24, 2.45) is 7.05 Å². The molecule has 1 saturated carbocycles. The van der Waals surface area contributed by atoms with Crippen molar-refractivity contribution in [1.29, 1.82) is 0 Å². The quantitative estimate of drug-likeness (QED) is 0.603. The van der Waals surface area contributed by atoms with Gasteiger partial charge in [0.05, 0.1) is 0 Å². The zero-order valence-electron chi connectivity index (χ0n) is 18.6. The van der Waals surface area contributed by atoms with Crippen molar-refractivity contribution in [2.75, 3.05) is 13.1 Å². The molecule has 30 heavy (non-hydrogen) atoms. The molecule has 1 aliphatic carbocycles. The summed E-state index contributed by atoms with van der Waals surface area (Å²) in [4.78, 5) is 15.4. The first-order valence-electron chi connectivity index (χ1n) is 10.7. The van der Waals surface area contributed by atoms with E-state index in [0.717, 1.165) is 18.4 Å². The second-order valence-electron chi connectivity index (χ2n) is 8.32. The van der Waals surface area contributed by atoms with Crippen LogP contribution in [0.15, 0.2) is 41.4 Å². The number of carbonyl (C=O) groups is 1. The summed E-state index contributed by atoms with van der Waals surface area (Å²) in [6.07, 6.45) is 3.53. The van der Waals surface area contributed by atoms with E-state index >= 15 is 0 Å². The van der Waals surface area contributed by atoms with Crippen molar-refractivity contribution in [1.82, 2.24) is 13.8 Å². The molecule has 0 saturated heterocycles. The van der Waals surface area contributed by atoms with Gasteiger partial charge in [-0.2, -0.15) is 4.31 Å². The highest BCUT2D eigenvalue weighted by Gasteiger charge is 2.35. The lowest BCUT2D eigenvalue weighted by Crippen LogP contribution is -2.33. The van der Waals surface area contributed by atoms with E-state index in [9.17, 15) is 13.2 Å². The van der Waals surface area contributed by atoms with E-state index in [2.05, 4.69) is 38.1 Å². The molecule has 1 aliphatic rings. The van der Waals surface area contributed by atoms with Crippen molar-refractivity contribution in [3.05, 3.63) is 53.3 Å². The summed E-state index contributed by atoms with van der Waals surface area (Å²) in [5.74, 6) is 0.351. The van der Waals surface area contributed by atoms with Crippen molar-refractivity contribution < 1.29 is 13.2 Å². The highest BCUT2D eigenvalue weighted by Crippen LogP contribution is 2.31. The molecule has 1 aromatic carbocycles. The Kier molecular flexibility index (Phi) is 6.72. The second kappa shape index (κ2) is 8.94. The fourth-order valence-corrected chi connectivity index (χ4v) is 5.24. The van der Waals surface area contributed by atoms with Gasteiger partial charge in [-0.05, 0) is 36.0 Å². The lowest BCUT2D eigenvalue weighted by atomic mass is 10.0. The van der Waals surface area contributed by atoms with E-state index < -0.39 is 10.0 Å². The molecule has 1 aromatic heterocycles. The van der Waals surface area contributed by atoms with Gasteiger partial charge in [0, 0.05) is 38.9 Å². The first kappa shape index (κ1) is 22.6. The normalized spacial score (nSPS) is 14.5. The van der Waals surface area contributed by atoms with Crippen LogP contribution in [0.5, 0.6) is 0 Å². The zero-order chi connectivity index (χ0) is 22.1. The van der Waals surface area contributed by atoms with Crippen molar-refractivity contribution in [2.45, 2.75) is 63.9 Å². The lowest BCUT2D eigenvalue weighted by Gasteiger charge is -2.23. The summed E-state index contributed by atoms with van der Waals surface area (Å²) < 4.78 is 28.8. The monoisotopic (exact) mass is 431 g/mol. The molecule has 1 amide bonds. The van der Waals surface area contributed by atoms with Gasteiger partial charge in [0.15, 0.2) is 0 Å². The summed E-state index contributed by atoms with van der Waals surface area (Å²) in [6.45, 7) is 9.29. The fraction of sp³-hybridized carbons (Fsp3) is 0.522. The molecule has 164 valence electrons. The van der Waals surface area contributed by atoms with Crippen LogP contribution in [0.3, 0.4) is 0 Å². The number of benzene rings is 1. The molecule has 3 rings (SSSR count). The zero-order valence-corrected chi connectivity index (χ0v) is 19.4. The molecular formula is C23H33N3O3S. The van der Waals surface area contributed by atoms with Crippen molar-refractivity contribution in [3.8, 4) is 0 Å². The predicted octanol–water partition coefficient (Wildman–Crippen LogP) is 3.98. The Balaban J connectivity index is 1.85. The van der Waals surface area contributed by atoms with Crippen LogP contribution in [0.2, 0.25) is 0 Å². The highest BCUT2D eigenvalue weighted by atomic mass is 32.2. The van der Waals surface area contributed by atoms with Gasteiger partial charge in [0.25, 0.3) is 5.91 Å². The van der Waals surface area contributed by atoms with E-state index in [1.807, 2.05) is 18.7 Å². The van der Waals surface area contributed by atoms with Crippen LogP contribution < -0.4 is 0 Å². The molecule has 0 radical (unpaired) electrons. The minimum atomic E-state index is -3.60. The van der Waals surface area contributed by atoms with Gasteiger partial charge in [-0.1, -0.05) is 52.0 Å². The van der Waals surface area contributed by atoms with Gasteiger partial charge in [-0.15, -0.1) is 0 Å². The maximum absolute atomic E-state index is 13.4. The minimum Gasteiger partial charge on any atom is -0.345 e. The number of hydrogen-bond acceptors (Lipinski definition) is 3. The first-order valence-corrected chi connectivity index (χ1v) is 12.2. The average molecular weight is 432 g/mol. The van der Waals surface area contributed by atoms with E-state index in [1.54, 1.807) is 17.8 Å². The number of sulfonamides is 1. The molecule has 0 atom stereocenters. The van der Waals surface area contributed by atoms with Crippen LogP contribution in [-0.4, -0.2) is 47.2 Å². The molecule has 1 heterocycles. The molecule has 0 unspecified atom stereocenters. The van der Waals surface area contributed by atoms with Crippen LogP contribution in [0.1, 0.15) is 68.1 Å². The smallest absolute Gasteiger partial charge is 0.271 e. The number of aryl methyl sites for hydroxylation is 1. The third-order valence-corrected chi connectivity index (χ3v) is 7.81.